The Labute approximate surface area is 348 Å². The van der Waals surface area contributed by atoms with E-state index in [1.54, 1.807) is 6.08 Å². The molecule has 2 aliphatic heterocycles. The van der Waals surface area contributed by atoms with Gasteiger partial charge in [-0.2, -0.15) is 0 Å². The second kappa shape index (κ2) is 32.4. The molecule has 1 amide bonds. The Kier molecular flexibility index (Phi) is 29.6. The molecule has 0 radical (unpaired) electrons. The smallest absolute Gasteiger partial charge is 0.220 e. The van der Waals surface area contributed by atoms with Gasteiger partial charge in [-0.3, -0.25) is 4.79 Å². The Balaban J connectivity index is 1.91. The lowest BCUT2D eigenvalue weighted by atomic mass is 9.97. The normalized spacial score (nSPS) is 28.9. The minimum Gasteiger partial charge on any atom is -0.394 e. The molecule has 12 atom stereocenters. The van der Waals surface area contributed by atoms with E-state index in [1.807, 2.05) is 6.08 Å². The highest BCUT2D eigenvalue weighted by atomic mass is 16.7. The van der Waals surface area contributed by atoms with Gasteiger partial charge in [0.15, 0.2) is 12.6 Å². The number of rotatable bonds is 34. The van der Waals surface area contributed by atoms with Crippen LogP contribution in [0.2, 0.25) is 0 Å². The van der Waals surface area contributed by atoms with Crippen molar-refractivity contribution in [3.63, 3.8) is 0 Å². The first-order valence-corrected chi connectivity index (χ1v) is 22.9. The summed E-state index contributed by atoms with van der Waals surface area (Å²) in [6.45, 7) is 2.75. The van der Waals surface area contributed by atoms with Gasteiger partial charge in [0.25, 0.3) is 0 Å². The van der Waals surface area contributed by atoms with Crippen molar-refractivity contribution in [1.82, 2.24) is 5.32 Å². The summed E-state index contributed by atoms with van der Waals surface area (Å²) < 4.78 is 22.6. The first-order valence-electron chi connectivity index (χ1n) is 22.9. The number of allylic oxidation sites excluding steroid dienone is 1. The number of ether oxygens (including phenoxy) is 4. The molecular weight excluding hydrogens is 750 g/mol. The Bertz CT molecular complexity index is 1040. The minimum atomic E-state index is -1.78. The molecule has 14 heteroatoms. The van der Waals surface area contributed by atoms with E-state index in [4.69, 9.17) is 18.9 Å². The van der Waals surface area contributed by atoms with Crippen molar-refractivity contribution in [2.75, 3.05) is 19.8 Å². The number of carbonyl (C=O) groups is 1. The Morgan fingerprint density at radius 1 is 0.603 bits per heavy atom. The average molecular weight is 834 g/mol. The summed E-state index contributed by atoms with van der Waals surface area (Å²) in [6.07, 6.45) is 14.0. The van der Waals surface area contributed by atoms with Crippen molar-refractivity contribution < 1.29 is 64.6 Å². The fraction of sp³-hybridized carbons (Fsp3) is 0.932. The molecule has 14 nitrogen and oxygen atoms in total. The molecule has 2 heterocycles. The van der Waals surface area contributed by atoms with E-state index in [0.717, 1.165) is 38.5 Å². The molecule has 2 saturated heterocycles. The maximum atomic E-state index is 13.1. The van der Waals surface area contributed by atoms with Crippen LogP contribution in [-0.2, 0) is 23.7 Å². The van der Waals surface area contributed by atoms with Crippen LogP contribution in [0.25, 0.3) is 0 Å². The van der Waals surface area contributed by atoms with Crippen molar-refractivity contribution in [2.45, 2.75) is 242 Å². The van der Waals surface area contributed by atoms with E-state index in [2.05, 4.69) is 19.2 Å². The fourth-order valence-corrected chi connectivity index (χ4v) is 7.64. The van der Waals surface area contributed by atoms with Crippen molar-refractivity contribution in [3.05, 3.63) is 12.2 Å². The zero-order valence-electron chi connectivity index (χ0n) is 35.8. The summed E-state index contributed by atoms with van der Waals surface area (Å²) in [5.41, 5.74) is 0. The van der Waals surface area contributed by atoms with Crippen LogP contribution < -0.4 is 5.32 Å². The van der Waals surface area contributed by atoms with Crippen molar-refractivity contribution >= 4 is 5.91 Å². The minimum absolute atomic E-state index is 0.242. The van der Waals surface area contributed by atoms with Gasteiger partial charge in [0, 0.05) is 6.42 Å². The monoisotopic (exact) mass is 834 g/mol. The molecule has 0 saturated carbocycles. The number of amides is 1. The Hall–Kier alpha value is -1.27. The SMILES string of the molecule is CCCCCCCCCCCCC/C=C/[C@@H](O)[C@H](CO[C@@H]1OC(CO)[C@@H](O[C@@H]2OC(CO)[C@H](O)[C@H](O)C2O)[C@H](O)C1O)NC(=O)CCCCCCCCCCCCC. The largest absolute Gasteiger partial charge is 0.394 e. The van der Waals surface area contributed by atoms with E-state index in [9.17, 15) is 45.6 Å². The molecule has 4 unspecified atom stereocenters. The molecule has 0 spiro atoms. The van der Waals surface area contributed by atoms with Crippen molar-refractivity contribution in [2.24, 2.45) is 0 Å². The number of unbranched alkanes of at least 4 members (excludes halogenated alkanes) is 21. The highest BCUT2D eigenvalue weighted by molar-refractivity contribution is 5.76. The molecule has 0 aromatic heterocycles. The van der Waals surface area contributed by atoms with Gasteiger partial charge in [-0.15, -0.1) is 0 Å². The van der Waals surface area contributed by atoms with E-state index in [1.165, 1.54) is 103 Å². The third kappa shape index (κ3) is 20.5. The summed E-state index contributed by atoms with van der Waals surface area (Å²) in [5.74, 6) is -0.242. The van der Waals surface area contributed by atoms with Crippen LogP contribution in [0.5, 0.6) is 0 Å². The van der Waals surface area contributed by atoms with Gasteiger partial charge in [-0.25, -0.2) is 0 Å². The molecule has 9 N–H and O–H groups in total. The number of hydrogen-bond acceptors (Lipinski definition) is 13. The second-order valence-electron chi connectivity index (χ2n) is 16.5. The van der Waals surface area contributed by atoms with Crippen LogP contribution in [-0.4, -0.2) is 140 Å². The lowest BCUT2D eigenvalue weighted by Crippen LogP contribution is -2.65. The number of hydrogen-bond donors (Lipinski definition) is 9. The first kappa shape index (κ1) is 52.9. The van der Waals surface area contributed by atoms with Crippen LogP contribution in [0.4, 0.5) is 0 Å². The molecule has 0 aliphatic carbocycles. The first-order chi connectivity index (χ1) is 28.1. The molecule has 58 heavy (non-hydrogen) atoms. The topological polar surface area (TPSA) is 228 Å². The quantitative estimate of drug-likeness (QED) is 0.0324. The molecule has 2 aliphatic rings. The van der Waals surface area contributed by atoms with Gasteiger partial charge >= 0.3 is 0 Å². The molecule has 0 aromatic carbocycles. The highest BCUT2D eigenvalue weighted by Gasteiger charge is 2.50. The van der Waals surface area contributed by atoms with Crippen LogP contribution in [0, 0.1) is 0 Å². The number of carbonyl (C=O) groups excluding carboxylic acids is 1. The predicted molar refractivity (Wildman–Crippen MR) is 222 cm³/mol. The van der Waals surface area contributed by atoms with Crippen LogP contribution >= 0.6 is 0 Å². The molecule has 2 rings (SSSR count). The fourth-order valence-electron chi connectivity index (χ4n) is 7.64. The van der Waals surface area contributed by atoms with Gasteiger partial charge in [-0.05, 0) is 19.3 Å². The van der Waals surface area contributed by atoms with Crippen LogP contribution in [0.1, 0.15) is 168 Å². The lowest BCUT2D eigenvalue weighted by molar-refractivity contribution is -0.359. The second-order valence-corrected chi connectivity index (χ2v) is 16.5. The highest BCUT2D eigenvalue weighted by Crippen LogP contribution is 2.30. The van der Waals surface area contributed by atoms with E-state index in [-0.39, 0.29) is 18.9 Å². The zero-order chi connectivity index (χ0) is 42.5. The van der Waals surface area contributed by atoms with E-state index in [0.29, 0.717) is 6.42 Å². The maximum Gasteiger partial charge on any atom is 0.220 e. The molecule has 0 aromatic rings. The van der Waals surface area contributed by atoms with Crippen LogP contribution in [0.15, 0.2) is 12.2 Å². The lowest BCUT2D eigenvalue weighted by Gasteiger charge is -2.46. The van der Waals surface area contributed by atoms with Gasteiger partial charge in [0.05, 0.1) is 32.0 Å². The summed E-state index contributed by atoms with van der Waals surface area (Å²) in [5, 5.41) is 86.4. The molecular formula is C44H83NO13. The zero-order valence-corrected chi connectivity index (χ0v) is 35.8. The number of aliphatic hydroxyl groups is 8. The van der Waals surface area contributed by atoms with Crippen molar-refractivity contribution in [3.8, 4) is 0 Å². The molecule has 342 valence electrons. The number of nitrogens with one attached hydrogen (secondary N) is 1. The third-order valence-electron chi connectivity index (χ3n) is 11.5. The van der Waals surface area contributed by atoms with Gasteiger partial charge < -0.3 is 65.1 Å². The van der Waals surface area contributed by atoms with Crippen LogP contribution in [0.3, 0.4) is 0 Å². The standard InChI is InChI=1S/C44H83NO13/c1-3-5-7-9-11-13-15-16-18-19-21-23-25-27-33(48)32(45-36(49)28-26-24-22-20-17-14-12-10-8-6-4-2)31-55-43-41(54)39(52)42(35(30-47)57-43)58-44-40(53)38(51)37(50)34(29-46)56-44/h25,27,32-35,37-44,46-48,50-54H,3-24,26,28-31H2,1-2H3,(H,45,49)/b27-25+/t32-,33+,34?,35?,37-,38-,39+,40?,41?,42+,43+,44-/m0/s1. The van der Waals surface area contributed by atoms with Gasteiger partial charge in [0.2, 0.25) is 5.91 Å². The average Bonchev–Trinajstić information content (AvgIpc) is 3.22. The summed E-state index contributed by atoms with van der Waals surface area (Å²) in [7, 11) is 0. The van der Waals surface area contributed by atoms with E-state index >= 15 is 0 Å². The molecule has 0 bridgehead atoms. The predicted octanol–water partition coefficient (Wildman–Crippen LogP) is 4.43. The number of aliphatic hydroxyl groups excluding tert-OH is 8. The third-order valence-corrected chi connectivity index (χ3v) is 11.5. The Morgan fingerprint density at radius 3 is 1.59 bits per heavy atom. The Morgan fingerprint density at radius 2 is 1.07 bits per heavy atom. The van der Waals surface area contributed by atoms with Crippen molar-refractivity contribution in [1.29, 1.82) is 0 Å². The molecule has 2 fully saturated rings. The summed E-state index contributed by atoms with van der Waals surface area (Å²) >= 11 is 0. The maximum absolute atomic E-state index is 13.1. The van der Waals surface area contributed by atoms with E-state index < -0.39 is 86.8 Å². The summed E-state index contributed by atoms with van der Waals surface area (Å²) in [6, 6.07) is -0.905. The van der Waals surface area contributed by atoms with Gasteiger partial charge in [0.1, 0.15) is 48.8 Å². The summed E-state index contributed by atoms with van der Waals surface area (Å²) in [4.78, 5) is 13.1. The van der Waals surface area contributed by atoms with Gasteiger partial charge in [-0.1, -0.05) is 154 Å².